The lowest BCUT2D eigenvalue weighted by molar-refractivity contribution is -0.132. The zero-order valence-corrected chi connectivity index (χ0v) is 14.8. The maximum atomic E-state index is 13.3. The van der Waals surface area contributed by atoms with Crippen LogP contribution < -0.4 is 5.32 Å². The second-order valence-electron chi connectivity index (χ2n) is 6.45. The number of amides is 1. The van der Waals surface area contributed by atoms with Crippen molar-refractivity contribution >= 4 is 5.91 Å². The van der Waals surface area contributed by atoms with Crippen molar-refractivity contribution in [1.29, 1.82) is 0 Å². The predicted octanol–water partition coefficient (Wildman–Crippen LogP) is 2.42. The number of piperazine rings is 1. The van der Waals surface area contributed by atoms with Crippen LogP contribution in [0, 0.1) is 11.6 Å². The van der Waals surface area contributed by atoms with E-state index in [0.717, 1.165) is 11.1 Å². The van der Waals surface area contributed by atoms with E-state index in [9.17, 15) is 13.6 Å². The standard InChI is InChI=1S/C20H23F2N3O/c1-23-14-19(26)24-10-12-25(13-11-24)20(15-2-6-17(21)7-3-15)16-4-8-18(22)9-5-16/h2-9,20,23H,10-14H2,1H3. The molecular formula is C20H23F2N3O. The number of carbonyl (C=O) groups excluding carboxylic acids is 1. The molecular weight excluding hydrogens is 336 g/mol. The van der Waals surface area contributed by atoms with Gasteiger partial charge >= 0.3 is 0 Å². The Morgan fingerprint density at radius 3 is 1.81 bits per heavy atom. The van der Waals surface area contributed by atoms with Crippen LogP contribution in [0.15, 0.2) is 48.5 Å². The van der Waals surface area contributed by atoms with Crippen LogP contribution in [0.2, 0.25) is 0 Å². The zero-order chi connectivity index (χ0) is 18.5. The molecule has 0 radical (unpaired) electrons. The smallest absolute Gasteiger partial charge is 0.236 e. The number of hydrogen-bond acceptors (Lipinski definition) is 3. The van der Waals surface area contributed by atoms with Crippen molar-refractivity contribution in [2.24, 2.45) is 0 Å². The summed E-state index contributed by atoms with van der Waals surface area (Å²) < 4.78 is 26.7. The lowest BCUT2D eigenvalue weighted by Gasteiger charge is -2.39. The van der Waals surface area contributed by atoms with E-state index >= 15 is 0 Å². The third-order valence-electron chi connectivity index (χ3n) is 4.73. The van der Waals surface area contributed by atoms with E-state index in [1.165, 1.54) is 24.3 Å². The van der Waals surface area contributed by atoms with Gasteiger partial charge in [-0.15, -0.1) is 0 Å². The number of hydrogen-bond donors (Lipinski definition) is 1. The molecule has 0 spiro atoms. The second-order valence-corrected chi connectivity index (χ2v) is 6.45. The third kappa shape index (κ3) is 4.26. The molecule has 1 fully saturated rings. The van der Waals surface area contributed by atoms with Crippen molar-refractivity contribution < 1.29 is 13.6 Å². The zero-order valence-electron chi connectivity index (χ0n) is 14.8. The summed E-state index contributed by atoms with van der Waals surface area (Å²) in [6.07, 6.45) is 0. The molecule has 1 N–H and O–H groups in total. The molecule has 26 heavy (non-hydrogen) atoms. The highest BCUT2D eigenvalue weighted by molar-refractivity contribution is 5.78. The molecule has 6 heteroatoms. The number of carbonyl (C=O) groups is 1. The number of nitrogens with zero attached hydrogens (tertiary/aromatic N) is 2. The van der Waals surface area contributed by atoms with E-state index in [2.05, 4.69) is 10.2 Å². The quantitative estimate of drug-likeness (QED) is 0.891. The van der Waals surface area contributed by atoms with E-state index in [-0.39, 0.29) is 23.6 Å². The SMILES string of the molecule is CNCC(=O)N1CCN(C(c2ccc(F)cc2)c2ccc(F)cc2)CC1. The van der Waals surface area contributed by atoms with Crippen molar-refractivity contribution in [3.05, 3.63) is 71.3 Å². The van der Waals surface area contributed by atoms with Gasteiger partial charge in [0.2, 0.25) is 5.91 Å². The van der Waals surface area contributed by atoms with Crippen LogP contribution in [0.1, 0.15) is 17.2 Å². The molecule has 3 rings (SSSR count). The number of benzene rings is 2. The lowest BCUT2D eigenvalue weighted by Crippen LogP contribution is -2.51. The van der Waals surface area contributed by atoms with Crippen LogP contribution in [-0.4, -0.2) is 55.5 Å². The van der Waals surface area contributed by atoms with Crippen LogP contribution in [0.25, 0.3) is 0 Å². The minimum Gasteiger partial charge on any atom is -0.339 e. The lowest BCUT2D eigenvalue weighted by atomic mass is 9.96. The molecule has 1 heterocycles. The Morgan fingerprint density at radius 2 is 1.38 bits per heavy atom. The van der Waals surface area contributed by atoms with Gasteiger partial charge in [0.25, 0.3) is 0 Å². The van der Waals surface area contributed by atoms with Crippen molar-refractivity contribution in [3.63, 3.8) is 0 Å². The molecule has 0 atom stereocenters. The van der Waals surface area contributed by atoms with Gasteiger partial charge in [-0.3, -0.25) is 9.69 Å². The average Bonchev–Trinajstić information content (AvgIpc) is 2.66. The number of halogens is 2. The summed E-state index contributed by atoms with van der Waals surface area (Å²) in [5.41, 5.74) is 1.90. The maximum absolute atomic E-state index is 13.3. The van der Waals surface area contributed by atoms with Crippen LogP contribution in [0.4, 0.5) is 8.78 Å². The summed E-state index contributed by atoms with van der Waals surface area (Å²) in [6.45, 7) is 3.02. The molecule has 1 saturated heterocycles. The monoisotopic (exact) mass is 359 g/mol. The Kier molecular flexibility index (Phi) is 5.96. The Bertz CT molecular complexity index is 680. The Labute approximate surface area is 152 Å². The average molecular weight is 359 g/mol. The highest BCUT2D eigenvalue weighted by Crippen LogP contribution is 2.30. The van der Waals surface area contributed by atoms with Crippen molar-refractivity contribution in [3.8, 4) is 0 Å². The van der Waals surface area contributed by atoms with Gasteiger partial charge in [-0.1, -0.05) is 24.3 Å². The molecule has 1 amide bonds. The first-order chi connectivity index (χ1) is 12.6. The Morgan fingerprint density at radius 1 is 0.923 bits per heavy atom. The Hall–Kier alpha value is -2.31. The summed E-state index contributed by atoms with van der Waals surface area (Å²) in [5.74, 6) is -0.476. The van der Waals surface area contributed by atoms with Gasteiger partial charge in [-0.25, -0.2) is 8.78 Å². The molecule has 2 aromatic carbocycles. The molecule has 0 bridgehead atoms. The molecule has 1 aliphatic heterocycles. The molecule has 0 aliphatic carbocycles. The fraction of sp³-hybridized carbons (Fsp3) is 0.350. The van der Waals surface area contributed by atoms with Crippen molar-refractivity contribution in [2.75, 3.05) is 39.8 Å². The highest BCUT2D eigenvalue weighted by atomic mass is 19.1. The minimum absolute atomic E-state index is 0.0901. The number of likely N-dealkylation sites (N-methyl/N-ethyl adjacent to an activating group) is 1. The summed E-state index contributed by atoms with van der Waals surface area (Å²) in [5, 5.41) is 2.89. The van der Waals surface area contributed by atoms with Gasteiger partial charge in [-0.2, -0.15) is 0 Å². The van der Waals surface area contributed by atoms with Gasteiger partial charge in [-0.05, 0) is 42.4 Å². The van der Waals surface area contributed by atoms with E-state index in [1.54, 1.807) is 31.3 Å². The van der Waals surface area contributed by atoms with E-state index in [4.69, 9.17) is 0 Å². The molecule has 0 aromatic heterocycles. The molecule has 4 nitrogen and oxygen atoms in total. The molecule has 0 unspecified atom stereocenters. The fourth-order valence-electron chi connectivity index (χ4n) is 3.40. The fourth-order valence-corrected chi connectivity index (χ4v) is 3.40. The van der Waals surface area contributed by atoms with E-state index in [0.29, 0.717) is 32.7 Å². The van der Waals surface area contributed by atoms with Gasteiger partial charge in [0.15, 0.2) is 0 Å². The molecule has 1 aliphatic rings. The van der Waals surface area contributed by atoms with E-state index in [1.807, 2.05) is 4.90 Å². The Balaban J connectivity index is 1.81. The van der Waals surface area contributed by atoms with Crippen LogP contribution in [-0.2, 0) is 4.79 Å². The molecule has 138 valence electrons. The van der Waals surface area contributed by atoms with Crippen molar-refractivity contribution in [1.82, 2.24) is 15.1 Å². The van der Waals surface area contributed by atoms with Gasteiger partial charge < -0.3 is 10.2 Å². The second kappa shape index (κ2) is 8.38. The maximum Gasteiger partial charge on any atom is 0.236 e. The van der Waals surface area contributed by atoms with Crippen LogP contribution in [0.3, 0.4) is 0 Å². The topological polar surface area (TPSA) is 35.6 Å². The van der Waals surface area contributed by atoms with E-state index < -0.39 is 0 Å². The first-order valence-electron chi connectivity index (χ1n) is 8.76. The first kappa shape index (κ1) is 18.5. The minimum atomic E-state index is -0.283. The molecule has 0 saturated carbocycles. The summed E-state index contributed by atoms with van der Waals surface area (Å²) in [7, 11) is 1.76. The highest BCUT2D eigenvalue weighted by Gasteiger charge is 2.28. The normalized spacial score (nSPS) is 15.5. The summed E-state index contributed by atoms with van der Waals surface area (Å²) in [6, 6.07) is 12.7. The number of rotatable bonds is 5. The first-order valence-corrected chi connectivity index (χ1v) is 8.76. The predicted molar refractivity (Wildman–Crippen MR) is 96.7 cm³/mol. The summed E-state index contributed by atoms with van der Waals surface area (Å²) >= 11 is 0. The number of nitrogens with one attached hydrogen (secondary N) is 1. The molecule has 2 aromatic rings. The summed E-state index contributed by atoms with van der Waals surface area (Å²) in [4.78, 5) is 16.2. The van der Waals surface area contributed by atoms with Gasteiger partial charge in [0, 0.05) is 26.2 Å². The van der Waals surface area contributed by atoms with Gasteiger partial charge in [0.1, 0.15) is 11.6 Å². The largest absolute Gasteiger partial charge is 0.339 e. The van der Waals surface area contributed by atoms with Crippen LogP contribution in [0.5, 0.6) is 0 Å². The van der Waals surface area contributed by atoms with Crippen molar-refractivity contribution in [2.45, 2.75) is 6.04 Å². The third-order valence-corrected chi connectivity index (χ3v) is 4.73. The van der Waals surface area contributed by atoms with Crippen LogP contribution >= 0.6 is 0 Å². The van der Waals surface area contributed by atoms with Gasteiger partial charge in [0.05, 0.1) is 12.6 Å².